The van der Waals surface area contributed by atoms with Crippen molar-refractivity contribution in [3.8, 4) is 0 Å². The molecular formula is C10H6F2N2OS. The van der Waals surface area contributed by atoms with Crippen LogP contribution in [0.5, 0.6) is 0 Å². The molecule has 82 valence electrons. The Kier molecular flexibility index (Phi) is 2.91. The van der Waals surface area contributed by atoms with Gasteiger partial charge in [0.25, 0.3) is 5.91 Å². The molecule has 1 N–H and O–H groups in total. The predicted octanol–water partition coefficient (Wildman–Crippen LogP) is 2.67. The standard InChI is InChI=1S/C10H6F2N2OS/c11-7-2-1-6(3-8(7)12)14-10(15)9-4-16-5-13-9/h1-5H,(H,14,15). The molecule has 3 nitrogen and oxygen atoms in total. The lowest BCUT2D eigenvalue weighted by Gasteiger charge is -2.03. The van der Waals surface area contributed by atoms with Crippen molar-refractivity contribution in [1.82, 2.24) is 4.98 Å². The van der Waals surface area contributed by atoms with E-state index < -0.39 is 17.5 Å². The van der Waals surface area contributed by atoms with Gasteiger partial charge in [-0.3, -0.25) is 4.79 Å². The molecule has 1 amide bonds. The number of halogens is 2. The van der Waals surface area contributed by atoms with E-state index in [9.17, 15) is 13.6 Å². The molecule has 0 unspecified atom stereocenters. The van der Waals surface area contributed by atoms with Crippen LogP contribution in [0, 0.1) is 11.6 Å². The summed E-state index contributed by atoms with van der Waals surface area (Å²) in [5.74, 6) is -2.41. The molecule has 0 fully saturated rings. The number of hydrogen-bond acceptors (Lipinski definition) is 3. The van der Waals surface area contributed by atoms with Gasteiger partial charge in [-0.1, -0.05) is 0 Å². The number of aromatic nitrogens is 1. The summed E-state index contributed by atoms with van der Waals surface area (Å²) in [5.41, 5.74) is 1.95. The van der Waals surface area contributed by atoms with E-state index >= 15 is 0 Å². The quantitative estimate of drug-likeness (QED) is 0.876. The SMILES string of the molecule is O=C(Nc1ccc(F)c(F)c1)c1cscn1. The number of anilines is 1. The van der Waals surface area contributed by atoms with E-state index in [4.69, 9.17) is 0 Å². The Morgan fingerprint density at radius 3 is 2.75 bits per heavy atom. The second kappa shape index (κ2) is 4.36. The summed E-state index contributed by atoms with van der Waals surface area (Å²) in [4.78, 5) is 15.3. The number of amides is 1. The van der Waals surface area contributed by atoms with Gasteiger partial charge in [-0.25, -0.2) is 13.8 Å². The van der Waals surface area contributed by atoms with E-state index in [0.29, 0.717) is 0 Å². The number of nitrogens with one attached hydrogen (secondary N) is 1. The first-order valence-electron chi connectivity index (χ1n) is 4.31. The normalized spacial score (nSPS) is 10.1. The lowest BCUT2D eigenvalue weighted by atomic mass is 10.3. The van der Waals surface area contributed by atoms with Gasteiger partial charge in [-0.05, 0) is 12.1 Å². The van der Waals surface area contributed by atoms with Crippen LogP contribution < -0.4 is 5.32 Å². The van der Waals surface area contributed by atoms with E-state index in [2.05, 4.69) is 10.3 Å². The number of rotatable bonds is 2. The molecule has 0 radical (unpaired) electrons. The first kappa shape index (κ1) is 10.7. The van der Waals surface area contributed by atoms with Gasteiger partial charge in [-0.2, -0.15) is 0 Å². The Morgan fingerprint density at radius 1 is 1.31 bits per heavy atom. The second-order valence-electron chi connectivity index (χ2n) is 2.96. The molecule has 0 aliphatic carbocycles. The number of nitrogens with zero attached hydrogens (tertiary/aromatic N) is 1. The molecule has 0 spiro atoms. The molecule has 0 saturated carbocycles. The Morgan fingerprint density at radius 2 is 2.12 bits per heavy atom. The minimum absolute atomic E-state index is 0.192. The van der Waals surface area contributed by atoms with Crippen molar-refractivity contribution in [3.05, 3.63) is 46.4 Å². The maximum Gasteiger partial charge on any atom is 0.275 e. The molecule has 0 atom stereocenters. The van der Waals surface area contributed by atoms with Crippen molar-refractivity contribution in [2.75, 3.05) is 5.32 Å². The summed E-state index contributed by atoms with van der Waals surface area (Å²) in [7, 11) is 0. The number of thiazole rings is 1. The van der Waals surface area contributed by atoms with Crippen molar-refractivity contribution in [2.24, 2.45) is 0 Å². The largest absolute Gasteiger partial charge is 0.321 e. The lowest BCUT2D eigenvalue weighted by molar-refractivity contribution is 0.102. The number of benzene rings is 1. The Labute approximate surface area is 93.8 Å². The average Bonchev–Trinajstić information content (AvgIpc) is 2.77. The monoisotopic (exact) mass is 240 g/mol. The Balaban J connectivity index is 2.15. The highest BCUT2D eigenvalue weighted by Crippen LogP contribution is 2.14. The molecule has 0 aliphatic heterocycles. The van der Waals surface area contributed by atoms with Crippen LogP contribution in [0.25, 0.3) is 0 Å². The van der Waals surface area contributed by atoms with Crippen molar-refractivity contribution < 1.29 is 13.6 Å². The van der Waals surface area contributed by atoms with E-state index in [0.717, 1.165) is 12.1 Å². The summed E-state index contributed by atoms with van der Waals surface area (Å²) in [6, 6.07) is 3.15. The smallest absolute Gasteiger partial charge is 0.275 e. The topological polar surface area (TPSA) is 42.0 Å². The molecule has 1 aromatic heterocycles. The first-order chi connectivity index (χ1) is 7.66. The predicted molar refractivity (Wildman–Crippen MR) is 56.4 cm³/mol. The molecule has 2 aromatic rings. The number of hydrogen-bond donors (Lipinski definition) is 1. The van der Waals surface area contributed by atoms with Crippen LogP contribution in [-0.4, -0.2) is 10.9 Å². The van der Waals surface area contributed by atoms with Gasteiger partial charge in [0.1, 0.15) is 5.69 Å². The van der Waals surface area contributed by atoms with E-state index in [1.54, 1.807) is 5.38 Å². The fourth-order valence-corrected chi connectivity index (χ4v) is 1.63. The third kappa shape index (κ3) is 2.22. The van der Waals surface area contributed by atoms with E-state index in [-0.39, 0.29) is 11.4 Å². The third-order valence-corrected chi connectivity index (χ3v) is 2.43. The minimum Gasteiger partial charge on any atom is -0.321 e. The van der Waals surface area contributed by atoms with Crippen LogP contribution in [0.1, 0.15) is 10.5 Å². The maximum atomic E-state index is 12.8. The van der Waals surface area contributed by atoms with Crippen LogP contribution >= 0.6 is 11.3 Å². The fraction of sp³-hybridized carbons (Fsp3) is 0. The van der Waals surface area contributed by atoms with Crippen LogP contribution in [0.4, 0.5) is 14.5 Å². The summed E-state index contributed by atoms with van der Waals surface area (Å²) < 4.78 is 25.4. The molecule has 0 aliphatic rings. The molecule has 1 heterocycles. The zero-order valence-electron chi connectivity index (χ0n) is 7.91. The van der Waals surface area contributed by atoms with Crippen LogP contribution in [-0.2, 0) is 0 Å². The van der Waals surface area contributed by atoms with Gasteiger partial charge in [0, 0.05) is 17.1 Å². The van der Waals surface area contributed by atoms with Gasteiger partial charge >= 0.3 is 0 Å². The molecule has 0 bridgehead atoms. The highest BCUT2D eigenvalue weighted by Gasteiger charge is 2.09. The zero-order valence-corrected chi connectivity index (χ0v) is 8.72. The van der Waals surface area contributed by atoms with Crippen LogP contribution in [0.15, 0.2) is 29.1 Å². The second-order valence-corrected chi connectivity index (χ2v) is 3.68. The van der Waals surface area contributed by atoms with E-state index in [1.807, 2.05) is 0 Å². The van der Waals surface area contributed by atoms with Crippen molar-refractivity contribution >= 4 is 22.9 Å². The Bertz CT molecular complexity index is 514. The van der Waals surface area contributed by atoms with Gasteiger partial charge in [0.15, 0.2) is 11.6 Å². The Hall–Kier alpha value is -1.82. The molecule has 0 saturated heterocycles. The summed E-state index contributed by atoms with van der Waals surface area (Å²) in [5, 5.41) is 3.98. The molecule has 6 heteroatoms. The van der Waals surface area contributed by atoms with Crippen molar-refractivity contribution in [1.29, 1.82) is 0 Å². The molecular weight excluding hydrogens is 234 g/mol. The maximum absolute atomic E-state index is 12.8. The van der Waals surface area contributed by atoms with Gasteiger partial charge in [0.2, 0.25) is 0 Å². The van der Waals surface area contributed by atoms with E-state index in [1.165, 1.54) is 22.9 Å². The highest BCUT2D eigenvalue weighted by atomic mass is 32.1. The molecule has 16 heavy (non-hydrogen) atoms. The third-order valence-electron chi connectivity index (χ3n) is 1.84. The number of carbonyl (C=O) groups excluding carboxylic acids is 1. The lowest BCUT2D eigenvalue weighted by Crippen LogP contribution is -2.12. The minimum atomic E-state index is -1.00. The van der Waals surface area contributed by atoms with Gasteiger partial charge in [0.05, 0.1) is 5.51 Å². The molecule has 2 rings (SSSR count). The van der Waals surface area contributed by atoms with Crippen molar-refractivity contribution in [2.45, 2.75) is 0 Å². The summed E-state index contributed by atoms with van der Waals surface area (Å²) in [6.07, 6.45) is 0. The van der Waals surface area contributed by atoms with Crippen molar-refractivity contribution in [3.63, 3.8) is 0 Å². The summed E-state index contributed by atoms with van der Waals surface area (Å²) in [6.45, 7) is 0. The first-order valence-corrected chi connectivity index (χ1v) is 5.25. The summed E-state index contributed by atoms with van der Waals surface area (Å²) >= 11 is 1.28. The zero-order chi connectivity index (χ0) is 11.5. The highest BCUT2D eigenvalue weighted by molar-refractivity contribution is 7.07. The van der Waals surface area contributed by atoms with Gasteiger partial charge < -0.3 is 5.32 Å². The van der Waals surface area contributed by atoms with Crippen LogP contribution in [0.2, 0.25) is 0 Å². The fourth-order valence-electron chi connectivity index (χ4n) is 1.09. The average molecular weight is 240 g/mol. The van der Waals surface area contributed by atoms with Gasteiger partial charge in [-0.15, -0.1) is 11.3 Å². The molecule has 1 aromatic carbocycles. The number of carbonyl (C=O) groups is 1. The van der Waals surface area contributed by atoms with Crippen LogP contribution in [0.3, 0.4) is 0 Å².